The van der Waals surface area contributed by atoms with Gasteiger partial charge >= 0.3 is 6.36 Å². The molecule has 1 atom stereocenters. The van der Waals surface area contributed by atoms with Gasteiger partial charge < -0.3 is 20.7 Å². The third kappa shape index (κ3) is 5.09. The maximum atomic E-state index is 12.3. The minimum absolute atomic E-state index is 0.216. The fourth-order valence-corrected chi connectivity index (χ4v) is 3.56. The molecular weight excluding hydrogens is 399 g/mol. The minimum Gasteiger partial charge on any atom is -0.406 e. The number of ether oxygens (including phenoxy) is 1. The summed E-state index contributed by atoms with van der Waals surface area (Å²) in [6.45, 7) is 1.71. The number of carbonyl (C=O) groups is 2. The van der Waals surface area contributed by atoms with E-state index in [1.165, 1.54) is 24.1 Å². The summed E-state index contributed by atoms with van der Waals surface area (Å²) in [5.41, 5.74) is 0.440. The van der Waals surface area contributed by atoms with Crippen molar-refractivity contribution in [3.05, 3.63) is 18.2 Å². The number of fused-ring (bicyclic) bond motifs is 1. The van der Waals surface area contributed by atoms with Gasteiger partial charge in [0.25, 0.3) is 0 Å². The second-order valence-electron chi connectivity index (χ2n) is 6.06. The van der Waals surface area contributed by atoms with Crippen LogP contribution in [0.15, 0.2) is 18.2 Å². The topological polar surface area (TPSA) is 95.6 Å². The van der Waals surface area contributed by atoms with Gasteiger partial charge in [-0.3, -0.25) is 14.5 Å². The lowest BCUT2D eigenvalue weighted by molar-refractivity contribution is -0.274. The molecule has 2 aromatic rings. The predicted molar refractivity (Wildman–Crippen MR) is 97.4 cm³/mol. The highest BCUT2D eigenvalue weighted by molar-refractivity contribution is 7.22. The summed E-state index contributed by atoms with van der Waals surface area (Å²) in [7, 11) is 1.49. The second-order valence-corrected chi connectivity index (χ2v) is 7.06. The van der Waals surface area contributed by atoms with Crippen LogP contribution in [0.5, 0.6) is 5.75 Å². The van der Waals surface area contributed by atoms with Crippen molar-refractivity contribution >= 4 is 38.5 Å². The van der Waals surface area contributed by atoms with Crippen LogP contribution in [0.4, 0.5) is 18.3 Å². The van der Waals surface area contributed by atoms with E-state index in [1.807, 2.05) is 0 Å². The number of rotatable bonds is 5. The van der Waals surface area contributed by atoms with E-state index in [-0.39, 0.29) is 18.2 Å². The molecule has 12 heteroatoms. The monoisotopic (exact) mass is 417 g/mol. The first-order valence-electron chi connectivity index (χ1n) is 8.37. The molecule has 0 bridgehead atoms. The second kappa shape index (κ2) is 8.29. The molecule has 0 radical (unpaired) electrons. The van der Waals surface area contributed by atoms with Gasteiger partial charge in [-0.25, -0.2) is 4.98 Å². The Morgan fingerprint density at radius 1 is 1.39 bits per heavy atom. The van der Waals surface area contributed by atoms with Crippen molar-refractivity contribution in [2.24, 2.45) is 0 Å². The molecular formula is C16H18F3N5O3S. The quantitative estimate of drug-likeness (QED) is 0.667. The molecule has 1 aliphatic rings. The van der Waals surface area contributed by atoms with E-state index in [0.717, 1.165) is 23.9 Å². The molecule has 2 amide bonds. The molecule has 1 saturated heterocycles. The molecule has 1 aromatic heterocycles. The number of halogens is 3. The van der Waals surface area contributed by atoms with Gasteiger partial charge in [-0.15, -0.1) is 13.2 Å². The minimum atomic E-state index is -4.78. The summed E-state index contributed by atoms with van der Waals surface area (Å²) >= 11 is 1.05. The van der Waals surface area contributed by atoms with E-state index < -0.39 is 18.3 Å². The van der Waals surface area contributed by atoms with Crippen LogP contribution >= 0.6 is 11.3 Å². The van der Waals surface area contributed by atoms with Gasteiger partial charge in [0.05, 0.1) is 22.8 Å². The lowest BCUT2D eigenvalue weighted by Crippen LogP contribution is -2.56. The van der Waals surface area contributed by atoms with E-state index >= 15 is 0 Å². The zero-order valence-electron chi connectivity index (χ0n) is 14.8. The first kappa shape index (κ1) is 20.3. The number of alkyl halides is 3. The molecule has 3 N–H and O–H groups in total. The third-order valence-corrected chi connectivity index (χ3v) is 5.11. The van der Waals surface area contributed by atoms with Crippen LogP contribution < -0.4 is 25.6 Å². The van der Waals surface area contributed by atoms with Crippen LogP contribution in [0.25, 0.3) is 10.2 Å². The maximum Gasteiger partial charge on any atom is 0.573 e. The zero-order valence-corrected chi connectivity index (χ0v) is 15.6. The molecule has 1 aromatic carbocycles. The molecule has 8 nitrogen and oxygen atoms in total. The summed E-state index contributed by atoms with van der Waals surface area (Å²) < 4.78 is 41.3. The number of amides is 2. The zero-order chi connectivity index (χ0) is 20.3. The van der Waals surface area contributed by atoms with Crippen LogP contribution in [0.1, 0.15) is 0 Å². The molecule has 0 spiro atoms. The van der Waals surface area contributed by atoms with Crippen molar-refractivity contribution in [1.82, 2.24) is 20.9 Å². The fraction of sp³-hybridized carbons (Fsp3) is 0.438. The number of aromatic nitrogens is 1. The van der Waals surface area contributed by atoms with E-state index in [0.29, 0.717) is 28.4 Å². The number of hydrogen-bond donors (Lipinski definition) is 3. The highest BCUT2D eigenvalue weighted by Gasteiger charge is 2.31. The van der Waals surface area contributed by atoms with Gasteiger partial charge in [-0.2, -0.15) is 0 Å². The lowest BCUT2D eigenvalue weighted by atomic mass is 10.2. The smallest absolute Gasteiger partial charge is 0.406 e. The first-order valence-corrected chi connectivity index (χ1v) is 9.19. The Balaban J connectivity index is 1.62. The Labute approximate surface area is 162 Å². The van der Waals surface area contributed by atoms with Crippen LogP contribution in [-0.4, -0.2) is 62.4 Å². The molecule has 3 rings (SSSR count). The molecule has 1 aliphatic heterocycles. The summed E-state index contributed by atoms with van der Waals surface area (Å²) in [5, 5.41) is 8.99. The Bertz CT molecular complexity index is 867. The number of benzene rings is 1. The van der Waals surface area contributed by atoms with Crippen molar-refractivity contribution in [2.45, 2.75) is 12.4 Å². The number of hydrogen-bond acceptors (Lipinski definition) is 7. The molecule has 28 heavy (non-hydrogen) atoms. The lowest BCUT2D eigenvalue weighted by Gasteiger charge is -2.23. The number of nitrogens with zero attached hydrogens (tertiary/aromatic N) is 2. The van der Waals surface area contributed by atoms with Crippen molar-refractivity contribution in [2.75, 3.05) is 38.1 Å². The van der Waals surface area contributed by atoms with E-state index in [4.69, 9.17) is 0 Å². The predicted octanol–water partition coefficient (Wildman–Crippen LogP) is 0.835. The van der Waals surface area contributed by atoms with Crippen LogP contribution in [0, 0.1) is 0 Å². The average molecular weight is 417 g/mol. The molecule has 1 fully saturated rings. The molecule has 0 aliphatic carbocycles. The first-order chi connectivity index (χ1) is 13.2. The Kier molecular flexibility index (Phi) is 6.01. The molecule has 1 unspecified atom stereocenters. The van der Waals surface area contributed by atoms with Crippen LogP contribution in [0.2, 0.25) is 0 Å². The van der Waals surface area contributed by atoms with Gasteiger partial charge in [0.1, 0.15) is 5.75 Å². The molecule has 2 heterocycles. The van der Waals surface area contributed by atoms with E-state index in [1.54, 1.807) is 0 Å². The summed E-state index contributed by atoms with van der Waals surface area (Å²) in [6.07, 6.45) is -4.78. The average Bonchev–Trinajstić information content (AvgIpc) is 3.07. The van der Waals surface area contributed by atoms with Gasteiger partial charge in [0, 0.05) is 32.7 Å². The number of nitrogens with one attached hydrogen (secondary N) is 3. The SMILES string of the molecule is CN(C(=O)CNC(=O)C1CNCCN1)c1nc2ccc(OC(F)(F)F)cc2s1. The van der Waals surface area contributed by atoms with E-state index in [9.17, 15) is 22.8 Å². The van der Waals surface area contributed by atoms with Crippen molar-refractivity contribution in [3.8, 4) is 5.75 Å². The largest absolute Gasteiger partial charge is 0.573 e. The summed E-state index contributed by atoms with van der Waals surface area (Å²) in [6, 6.07) is 3.36. The maximum absolute atomic E-state index is 12.3. The molecule has 152 valence electrons. The van der Waals surface area contributed by atoms with Crippen molar-refractivity contribution in [1.29, 1.82) is 0 Å². The fourth-order valence-electron chi connectivity index (χ4n) is 2.58. The standard InChI is InChI=1S/C16H18F3N5O3S/c1-24(13(25)8-22-14(26)11-7-20-4-5-21-11)15-23-10-3-2-9(6-12(10)28-15)27-16(17,18)19/h2-3,6,11,20-21H,4-5,7-8H2,1H3,(H,22,26). The number of likely N-dealkylation sites (N-methyl/N-ethyl adjacent to an activating group) is 1. The van der Waals surface area contributed by atoms with Crippen molar-refractivity contribution < 1.29 is 27.5 Å². The Morgan fingerprint density at radius 2 is 2.18 bits per heavy atom. The molecule has 0 saturated carbocycles. The normalized spacial score (nSPS) is 17.4. The van der Waals surface area contributed by atoms with Crippen molar-refractivity contribution in [3.63, 3.8) is 0 Å². The number of piperazine rings is 1. The van der Waals surface area contributed by atoms with Gasteiger partial charge in [0.15, 0.2) is 5.13 Å². The van der Waals surface area contributed by atoms with Gasteiger partial charge in [-0.05, 0) is 12.1 Å². The Hall–Kier alpha value is -2.44. The summed E-state index contributed by atoms with van der Waals surface area (Å²) in [5.74, 6) is -1.04. The van der Waals surface area contributed by atoms with Crippen LogP contribution in [-0.2, 0) is 9.59 Å². The third-order valence-electron chi connectivity index (χ3n) is 4.01. The number of anilines is 1. The van der Waals surface area contributed by atoms with Gasteiger partial charge in [0.2, 0.25) is 11.8 Å². The van der Waals surface area contributed by atoms with Crippen LogP contribution in [0.3, 0.4) is 0 Å². The van der Waals surface area contributed by atoms with Gasteiger partial charge in [-0.1, -0.05) is 11.3 Å². The number of thiazole rings is 1. The highest BCUT2D eigenvalue weighted by Crippen LogP contribution is 2.32. The summed E-state index contributed by atoms with van der Waals surface area (Å²) in [4.78, 5) is 29.9. The Morgan fingerprint density at radius 3 is 2.86 bits per heavy atom. The highest BCUT2D eigenvalue weighted by atomic mass is 32.1. The number of carbonyl (C=O) groups excluding carboxylic acids is 2. The van der Waals surface area contributed by atoms with E-state index in [2.05, 4.69) is 25.7 Å².